The molecule has 5 fully saturated rings. The van der Waals surface area contributed by atoms with E-state index in [9.17, 15) is 62.5 Å². The Balaban J connectivity index is 0.000000111. The first-order valence-electron chi connectivity index (χ1n) is 46.2. The van der Waals surface area contributed by atoms with Crippen LogP contribution in [0.4, 0.5) is 4.39 Å². The van der Waals surface area contributed by atoms with Crippen LogP contribution in [0.2, 0.25) is 5.02 Å². The number of carbonyl (C=O) groups excluding carboxylic acids is 10. The summed E-state index contributed by atoms with van der Waals surface area (Å²) < 4.78 is 14.1. The Morgan fingerprint density at radius 2 is 0.820 bits per heavy atom. The molecule has 0 bridgehead atoms. The first-order chi connectivity index (χ1) is 67.1. The van der Waals surface area contributed by atoms with Crippen LogP contribution < -0.4 is 0 Å². The van der Waals surface area contributed by atoms with Gasteiger partial charge in [-0.3, -0.25) is 58.1 Å². The average molecular weight is 1900 g/mol. The van der Waals surface area contributed by atoms with Crippen molar-refractivity contribution >= 4 is 115 Å². The molecule has 0 spiro atoms. The summed E-state index contributed by atoms with van der Waals surface area (Å²) in [4.78, 5) is 145. The molecule has 0 atom stereocenters. The zero-order chi connectivity index (χ0) is 97.2. The van der Waals surface area contributed by atoms with Gasteiger partial charge < -0.3 is 64.2 Å². The molecule has 139 heavy (non-hydrogen) atoms. The number of amides is 10. The number of nitrogens with one attached hydrogen (secondary N) is 3. The van der Waals surface area contributed by atoms with Crippen LogP contribution in [0.15, 0.2) is 240 Å². The van der Waals surface area contributed by atoms with Crippen molar-refractivity contribution in [2.24, 2.45) is 0 Å². The molecule has 0 unspecified atom stereocenters. The molecule has 10 aliphatic rings. The van der Waals surface area contributed by atoms with E-state index in [0.717, 1.165) is 109 Å². The predicted octanol–water partition coefficient (Wildman–Crippen LogP) is 14.7. The molecule has 10 aliphatic heterocycles. The summed E-state index contributed by atoms with van der Waals surface area (Å²) in [6, 6.07) is 50.3. The summed E-state index contributed by atoms with van der Waals surface area (Å²) in [6.07, 6.45) is 13.6. The zero-order valence-electron chi connectivity index (χ0n) is 77.0. The lowest BCUT2D eigenvalue weighted by Crippen LogP contribution is -2.62. The molecule has 9 aromatic carbocycles. The van der Waals surface area contributed by atoms with Gasteiger partial charge in [-0.1, -0.05) is 148 Å². The summed E-state index contributed by atoms with van der Waals surface area (Å²) in [5, 5.41) is 38.1. The highest BCUT2D eigenvalue weighted by Gasteiger charge is 2.45. The molecular weight excluding hydrogens is 1800 g/mol. The third-order valence-electron chi connectivity index (χ3n) is 28.4. The quantitative estimate of drug-likeness (QED) is 0.0596. The number of aromatic nitrogens is 5. The van der Waals surface area contributed by atoms with E-state index in [1.54, 1.807) is 71.1 Å². The van der Waals surface area contributed by atoms with Crippen LogP contribution in [0, 0.1) is 26.6 Å². The molecule has 5 N–H and O–H groups in total. The number of phenols is 2. The zero-order valence-corrected chi connectivity index (χ0v) is 78.6. The largest absolute Gasteiger partial charge is 0.508 e. The Bertz CT molecular complexity index is 7100. The second kappa shape index (κ2) is 38.2. The third kappa shape index (κ3) is 17.9. The second-order valence-electron chi connectivity index (χ2n) is 36.8. The van der Waals surface area contributed by atoms with Crippen LogP contribution in [0.1, 0.15) is 76.4 Å². The first-order valence-corrected chi connectivity index (χ1v) is 47.3. The highest BCUT2D eigenvalue weighted by molar-refractivity contribution is 7.16. The van der Waals surface area contributed by atoms with Gasteiger partial charge in [-0.05, 0) is 195 Å². The van der Waals surface area contributed by atoms with Crippen LogP contribution in [0.25, 0.3) is 87.7 Å². The molecular formula is C109H101ClFN15O12S. The van der Waals surface area contributed by atoms with E-state index in [1.807, 2.05) is 74.6 Å². The minimum absolute atomic E-state index is 0.00638. The van der Waals surface area contributed by atoms with Crippen molar-refractivity contribution in [1.29, 1.82) is 0 Å². The molecule has 30 heteroatoms. The van der Waals surface area contributed by atoms with Crippen molar-refractivity contribution in [2.45, 2.75) is 109 Å². The van der Waals surface area contributed by atoms with E-state index < -0.39 is 5.82 Å². The molecule has 27 nitrogen and oxygen atoms in total. The highest BCUT2D eigenvalue weighted by atomic mass is 35.5. The smallest absolute Gasteiger partial charge is 0.255 e. The molecule has 0 radical (unpaired) electrons. The van der Waals surface area contributed by atoms with Crippen molar-refractivity contribution in [3.63, 3.8) is 0 Å². The Kier molecular flexibility index (Phi) is 25.4. The maximum Gasteiger partial charge on any atom is 0.255 e. The SMILES string of the molecule is C=CC(=O)N1CC(N2Cc3ccc(-c4c(C)ccc5[nH]ccc45)cc3CC2=O)C1.C=CC(=O)N1CC(N2Cc3ccc(-c4c(C)ccc5cn[nH]c45)cc3CC2=O)C1.C=CC(=O)N1CC(N2Cc3ccc(-c4c(O)cccc4F)cc3CC2=O)C1.C=CC(=O)N1CC(N2Cc3ccc(-c4cc(O)ccc4Cl)cc3CC2=O)C1.C=CC(=O)N1CC(N2Cc3sc(-c4c(C)ccc5[nH]ncc45)cc3C2=O)C1. The van der Waals surface area contributed by atoms with Crippen molar-refractivity contribution < 1.29 is 62.5 Å². The van der Waals surface area contributed by atoms with Gasteiger partial charge in [0.2, 0.25) is 53.2 Å². The number of rotatable bonds is 15. The molecule has 704 valence electrons. The number of aromatic hydroxyl groups is 2. The fourth-order valence-electron chi connectivity index (χ4n) is 20.3. The van der Waals surface area contributed by atoms with E-state index in [4.69, 9.17) is 11.6 Å². The van der Waals surface area contributed by atoms with Gasteiger partial charge in [-0.15, -0.1) is 11.3 Å². The van der Waals surface area contributed by atoms with Crippen molar-refractivity contribution in [1.82, 2.24) is 74.4 Å². The van der Waals surface area contributed by atoms with Gasteiger partial charge in [0.15, 0.2) is 0 Å². The van der Waals surface area contributed by atoms with Crippen LogP contribution in [0.3, 0.4) is 0 Å². The number of carbonyl (C=O) groups is 10. The molecule has 5 saturated heterocycles. The minimum Gasteiger partial charge on any atom is -0.508 e. The molecule has 23 rings (SSSR count). The Labute approximate surface area is 810 Å². The Morgan fingerprint density at radius 3 is 1.28 bits per heavy atom. The van der Waals surface area contributed by atoms with Gasteiger partial charge in [0.1, 0.15) is 17.3 Å². The summed E-state index contributed by atoms with van der Waals surface area (Å²) in [5.74, 6) is -0.496. The summed E-state index contributed by atoms with van der Waals surface area (Å²) in [6.45, 7) is 32.4. The van der Waals surface area contributed by atoms with E-state index in [2.05, 4.69) is 152 Å². The number of benzene rings is 9. The summed E-state index contributed by atoms with van der Waals surface area (Å²) in [7, 11) is 0. The number of aryl methyl sites for hydroxylation is 3. The minimum atomic E-state index is -0.500. The summed E-state index contributed by atoms with van der Waals surface area (Å²) >= 11 is 7.94. The standard InChI is InChI=1S/C24H23N3O2.C23H22N4O2.C21H19ClN2O3.C21H19FN2O3.C20H18N4O2S/c1-3-22(28)26-13-19(14-26)27-12-17-6-5-16(10-18(17)11-23(27)29)24-15(2)4-7-21-20(24)8-9-25-21;1-3-20(28)26-12-19(13-26)27-11-17-7-6-15(8-18(17)9-21(27)29)22-14(2)4-5-16-10-24-25-23(16)22;1-2-20(26)23-11-16(12-23)24-10-14-4-3-13(7-15(14)8-21(24)27)18-9-17(25)5-6-19(18)22;1-2-19(26)23-11-16(12-23)24-10-14-7-6-13(8-15(14)9-20(24)27)21-17(22)4-3-5-18(21)25;1-3-18(25)23-8-12(9-23)24-10-17-13(20(24)26)6-16(27-17)19-11(2)4-5-15-14(19)7-21-22-15/h3-10,19,25H,1,11-14H2,2H3;3-8,10,19H,1,9,11-13H2,2H3,(H,24,25);2-7,9,16,25H,1,8,10-12H2;2-8,16,25H,1,9-12H2;3-7,12H,1,8-10H2,2H3,(H,21,22). The number of likely N-dealkylation sites (tertiary alicyclic amines) is 5. The molecule has 0 saturated carbocycles. The van der Waals surface area contributed by atoms with Gasteiger partial charge >= 0.3 is 0 Å². The van der Waals surface area contributed by atoms with E-state index in [-0.39, 0.29) is 113 Å². The first kappa shape index (κ1) is 92.4. The number of fused-ring (bicyclic) bond motifs is 8. The number of nitrogens with zero attached hydrogens (tertiary/aromatic N) is 12. The van der Waals surface area contributed by atoms with Crippen LogP contribution in [0.5, 0.6) is 11.5 Å². The van der Waals surface area contributed by atoms with Gasteiger partial charge in [0.05, 0.1) is 97.0 Å². The van der Waals surface area contributed by atoms with Crippen LogP contribution in [-0.2, 0) is 102 Å². The maximum atomic E-state index is 14.1. The second-order valence-corrected chi connectivity index (χ2v) is 38.3. The van der Waals surface area contributed by atoms with E-state index in [0.29, 0.717) is 128 Å². The Hall–Kier alpha value is -15.6. The van der Waals surface area contributed by atoms with Gasteiger partial charge in [-0.25, -0.2) is 4.39 Å². The molecule has 0 aliphatic carbocycles. The lowest BCUT2D eigenvalue weighted by Gasteiger charge is -2.46. The lowest BCUT2D eigenvalue weighted by molar-refractivity contribution is -0.145. The molecule has 4 aromatic heterocycles. The fourth-order valence-corrected chi connectivity index (χ4v) is 21.8. The van der Waals surface area contributed by atoms with Crippen LogP contribution in [-0.4, -0.2) is 239 Å². The van der Waals surface area contributed by atoms with Gasteiger partial charge in [0.25, 0.3) is 5.91 Å². The number of halogens is 2. The molecule has 14 heterocycles. The monoisotopic (exact) mass is 1900 g/mol. The average Bonchev–Trinajstić information content (AvgIpc) is 1.58. The third-order valence-corrected chi connectivity index (χ3v) is 29.8. The number of aromatic amines is 3. The Morgan fingerprint density at radius 1 is 0.410 bits per heavy atom. The highest BCUT2D eigenvalue weighted by Crippen LogP contribution is 2.45. The van der Waals surface area contributed by atoms with Crippen molar-refractivity contribution in [3.8, 4) is 66.4 Å². The predicted molar refractivity (Wildman–Crippen MR) is 531 cm³/mol. The normalized spacial score (nSPS) is 16.7. The fraction of sp³-hybridized carbons (Fsp3) is 0.248. The topological polar surface area (TPSA) is 317 Å². The van der Waals surface area contributed by atoms with Crippen molar-refractivity contribution in [2.75, 3.05) is 65.4 Å². The summed E-state index contributed by atoms with van der Waals surface area (Å²) in [5.41, 5.74) is 24.1. The van der Waals surface area contributed by atoms with Crippen molar-refractivity contribution in [3.05, 3.63) is 322 Å². The number of hydrogen-bond acceptors (Lipinski definition) is 15. The van der Waals surface area contributed by atoms with Gasteiger partial charge in [0, 0.05) is 151 Å². The number of thiophene rings is 1. The number of hydrogen-bond donors (Lipinski definition) is 5. The van der Waals surface area contributed by atoms with E-state index in [1.165, 1.54) is 87.3 Å². The number of H-pyrrole nitrogens is 3. The van der Waals surface area contributed by atoms with Gasteiger partial charge in [-0.2, -0.15) is 10.2 Å². The lowest BCUT2D eigenvalue weighted by atomic mass is 9.90. The number of phenolic OH excluding ortho intramolecular Hbond substituents is 2. The maximum absolute atomic E-state index is 14.1. The molecule has 10 amide bonds. The van der Waals surface area contributed by atoms with Crippen LogP contribution >= 0.6 is 22.9 Å². The molecule has 13 aromatic rings. The van der Waals surface area contributed by atoms with E-state index >= 15 is 0 Å².